The van der Waals surface area contributed by atoms with E-state index in [4.69, 9.17) is 0 Å². The van der Waals surface area contributed by atoms with Crippen LogP contribution in [0.2, 0.25) is 0 Å². The van der Waals surface area contributed by atoms with Gasteiger partial charge in [-0.1, -0.05) is 26.7 Å². The van der Waals surface area contributed by atoms with Crippen LogP contribution in [-0.2, 0) is 0 Å². The molecule has 1 rings (SSSR count). The van der Waals surface area contributed by atoms with Gasteiger partial charge in [-0.2, -0.15) is 0 Å². The minimum atomic E-state index is 0.809. The molecule has 0 aromatic heterocycles. The van der Waals surface area contributed by atoms with Crippen LogP contribution in [0.15, 0.2) is 0 Å². The Kier molecular flexibility index (Phi) is 7.03. The van der Waals surface area contributed by atoms with Crippen molar-refractivity contribution in [1.82, 2.24) is 10.6 Å². The molecule has 0 aromatic carbocycles. The maximum Gasteiger partial charge on any atom is 0.00675 e. The molecule has 0 amide bonds. The van der Waals surface area contributed by atoms with E-state index < -0.39 is 0 Å². The summed E-state index contributed by atoms with van der Waals surface area (Å²) in [6.07, 6.45) is 8.17. The quantitative estimate of drug-likeness (QED) is 0.634. The molecule has 0 saturated carbocycles. The van der Waals surface area contributed by atoms with Crippen LogP contribution in [0.25, 0.3) is 0 Å². The summed E-state index contributed by atoms with van der Waals surface area (Å²) < 4.78 is 0. The molecule has 0 radical (unpaired) electrons. The molecule has 1 fully saturated rings. The Labute approximate surface area is 95.2 Å². The van der Waals surface area contributed by atoms with Crippen LogP contribution in [0.3, 0.4) is 0 Å². The van der Waals surface area contributed by atoms with Crippen LogP contribution < -0.4 is 10.6 Å². The monoisotopic (exact) mass is 212 g/mol. The summed E-state index contributed by atoms with van der Waals surface area (Å²) in [5, 5.41) is 7.15. The highest BCUT2D eigenvalue weighted by Crippen LogP contribution is 2.11. The zero-order valence-corrected chi connectivity index (χ0v) is 10.5. The minimum absolute atomic E-state index is 0.809. The molecule has 0 spiro atoms. The topological polar surface area (TPSA) is 24.1 Å². The van der Waals surface area contributed by atoms with Gasteiger partial charge < -0.3 is 10.6 Å². The van der Waals surface area contributed by atoms with E-state index in [0.717, 1.165) is 12.0 Å². The summed E-state index contributed by atoms with van der Waals surface area (Å²) in [4.78, 5) is 0. The van der Waals surface area contributed by atoms with Crippen molar-refractivity contribution >= 4 is 0 Å². The minimum Gasteiger partial charge on any atom is -0.316 e. The largest absolute Gasteiger partial charge is 0.316 e. The van der Waals surface area contributed by atoms with Gasteiger partial charge in [-0.3, -0.25) is 0 Å². The standard InChI is InChI=1S/C13H28N2/c1-3-12(2)11-14-9-6-8-13-7-4-5-10-15-13/h12-15H,3-11H2,1-2H3. The first-order chi connectivity index (χ1) is 7.33. The van der Waals surface area contributed by atoms with E-state index in [9.17, 15) is 0 Å². The molecule has 0 aliphatic carbocycles. The lowest BCUT2D eigenvalue weighted by molar-refractivity contribution is 0.370. The zero-order valence-electron chi connectivity index (χ0n) is 10.5. The summed E-state index contributed by atoms with van der Waals surface area (Å²) >= 11 is 0. The average molecular weight is 212 g/mol. The maximum absolute atomic E-state index is 3.60. The smallest absolute Gasteiger partial charge is 0.00675 e. The van der Waals surface area contributed by atoms with Gasteiger partial charge >= 0.3 is 0 Å². The summed E-state index contributed by atoms with van der Waals surface area (Å²) in [5.41, 5.74) is 0. The summed E-state index contributed by atoms with van der Waals surface area (Å²) in [5.74, 6) is 0.831. The molecule has 2 heteroatoms. The predicted molar refractivity (Wildman–Crippen MR) is 67.2 cm³/mol. The van der Waals surface area contributed by atoms with Gasteiger partial charge in [-0.05, 0) is 51.2 Å². The molecule has 0 bridgehead atoms. The first-order valence-corrected chi connectivity index (χ1v) is 6.77. The van der Waals surface area contributed by atoms with Crippen molar-refractivity contribution in [2.24, 2.45) is 5.92 Å². The third-order valence-corrected chi connectivity index (χ3v) is 3.51. The Hall–Kier alpha value is -0.0800. The van der Waals surface area contributed by atoms with E-state index in [1.54, 1.807) is 0 Å². The number of hydrogen-bond acceptors (Lipinski definition) is 2. The molecule has 2 atom stereocenters. The maximum atomic E-state index is 3.60. The van der Waals surface area contributed by atoms with E-state index in [0.29, 0.717) is 0 Å². The van der Waals surface area contributed by atoms with Crippen molar-refractivity contribution in [3.8, 4) is 0 Å². The van der Waals surface area contributed by atoms with Gasteiger partial charge in [0.25, 0.3) is 0 Å². The van der Waals surface area contributed by atoms with Crippen molar-refractivity contribution in [3.63, 3.8) is 0 Å². The fraction of sp³-hybridized carbons (Fsp3) is 1.00. The number of hydrogen-bond donors (Lipinski definition) is 2. The molecule has 1 aliphatic heterocycles. The molecule has 1 saturated heterocycles. The highest BCUT2D eigenvalue weighted by molar-refractivity contribution is 4.72. The summed E-state index contributed by atoms with van der Waals surface area (Å²) in [6.45, 7) is 8.20. The second-order valence-corrected chi connectivity index (χ2v) is 5.01. The molecule has 1 aliphatic rings. The number of piperidine rings is 1. The van der Waals surface area contributed by atoms with Gasteiger partial charge in [-0.25, -0.2) is 0 Å². The molecule has 2 N–H and O–H groups in total. The predicted octanol–water partition coefficient (Wildman–Crippen LogP) is 2.54. The third kappa shape index (κ3) is 6.16. The van der Waals surface area contributed by atoms with Crippen LogP contribution >= 0.6 is 0 Å². The molecule has 2 unspecified atom stereocenters. The van der Waals surface area contributed by atoms with Crippen LogP contribution in [0.5, 0.6) is 0 Å². The second-order valence-electron chi connectivity index (χ2n) is 5.01. The Morgan fingerprint density at radius 3 is 2.93 bits per heavy atom. The highest BCUT2D eigenvalue weighted by atomic mass is 14.9. The van der Waals surface area contributed by atoms with E-state index in [1.807, 2.05) is 0 Å². The van der Waals surface area contributed by atoms with Crippen LogP contribution in [-0.4, -0.2) is 25.7 Å². The Morgan fingerprint density at radius 1 is 1.40 bits per heavy atom. The fourth-order valence-electron chi connectivity index (χ4n) is 2.14. The highest BCUT2D eigenvalue weighted by Gasteiger charge is 2.11. The molecule has 90 valence electrons. The second kappa shape index (κ2) is 8.12. The SMILES string of the molecule is CCC(C)CNCCCC1CCCCN1. The number of rotatable bonds is 7. The lowest BCUT2D eigenvalue weighted by Crippen LogP contribution is -2.34. The van der Waals surface area contributed by atoms with Crippen molar-refractivity contribution in [2.75, 3.05) is 19.6 Å². The van der Waals surface area contributed by atoms with Gasteiger partial charge in [0.1, 0.15) is 0 Å². The summed E-state index contributed by atoms with van der Waals surface area (Å²) in [7, 11) is 0. The summed E-state index contributed by atoms with van der Waals surface area (Å²) in [6, 6.07) is 0.809. The Bertz CT molecular complexity index is 141. The molecular weight excluding hydrogens is 184 g/mol. The van der Waals surface area contributed by atoms with Gasteiger partial charge in [0.05, 0.1) is 0 Å². The van der Waals surface area contributed by atoms with Gasteiger partial charge in [0, 0.05) is 6.04 Å². The first-order valence-electron chi connectivity index (χ1n) is 6.77. The molecular formula is C13H28N2. The molecule has 15 heavy (non-hydrogen) atoms. The fourth-order valence-corrected chi connectivity index (χ4v) is 2.14. The lowest BCUT2D eigenvalue weighted by atomic mass is 10.0. The van der Waals surface area contributed by atoms with Crippen LogP contribution in [0, 0.1) is 5.92 Å². The van der Waals surface area contributed by atoms with Crippen LogP contribution in [0.1, 0.15) is 52.4 Å². The van der Waals surface area contributed by atoms with E-state index in [2.05, 4.69) is 24.5 Å². The Morgan fingerprint density at radius 2 is 2.27 bits per heavy atom. The lowest BCUT2D eigenvalue weighted by Gasteiger charge is -2.23. The Balaban J connectivity index is 1.87. The molecule has 0 aromatic rings. The van der Waals surface area contributed by atoms with Crippen molar-refractivity contribution in [2.45, 2.75) is 58.4 Å². The average Bonchev–Trinajstić information content (AvgIpc) is 2.29. The van der Waals surface area contributed by atoms with Gasteiger partial charge in [-0.15, -0.1) is 0 Å². The normalized spacial score (nSPS) is 24.0. The van der Waals surface area contributed by atoms with Crippen molar-refractivity contribution in [1.29, 1.82) is 0 Å². The molecule has 2 nitrogen and oxygen atoms in total. The van der Waals surface area contributed by atoms with E-state index >= 15 is 0 Å². The zero-order chi connectivity index (χ0) is 10.9. The van der Waals surface area contributed by atoms with Gasteiger partial charge in [0.2, 0.25) is 0 Å². The van der Waals surface area contributed by atoms with E-state index in [-0.39, 0.29) is 0 Å². The number of nitrogens with one attached hydrogen (secondary N) is 2. The van der Waals surface area contributed by atoms with Crippen molar-refractivity contribution in [3.05, 3.63) is 0 Å². The molecule has 1 heterocycles. The van der Waals surface area contributed by atoms with E-state index in [1.165, 1.54) is 58.2 Å². The van der Waals surface area contributed by atoms with Gasteiger partial charge in [0.15, 0.2) is 0 Å². The van der Waals surface area contributed by atoms with Crippen molar-refractivity contribution < 1.29 is 0 Å². The third-order valence-electron chi connectivity index (χ3n) is 3.51. The first kappa shape index (κ1) is 13.0. The van der Waals surface area contributed by atoms with Crippen LogP contribution in [0.4, 0.5) is 0 Å².